The highest BCUT2D eigenvalue weighted by Crippen LogP contribution is 2.32. The van der Waals surface area contributed by atoms with Crippen molar-refractivity contribution in [3.05, 3.63) is 35.3 Å². The second-order valence-corrected chi connectivity index (χ2v) is 5.11. The fraction of sp³-hybridized carbons (Fsp3) is 0.100. The lowest BCUT2D eigenvalue weighted by atomic mass is 10.2. The van der Waals surface area contributed by atoms with E-state index in [9.17, 15) is 0 Å². The fourth-order valence-electron chi connectivity index (χ4n) is 1.08. The van der Waals surface area contributed by atoms with Gasteiger partial charge >= 0.3 is 0 Å². The predicted octanol–water partition coefficient (Wildman–Crippen LogP) is 3.18. The van der Waals surface area contributed by atoms with Crippen molar-refractivity contribution < 1.29 is 0 Å². The summed E-state index contributed by atoms with van der Waals surface area (Å²) < 4.78 is 1.05. The van der Waals surface area contributed by atoms with Crippen molar-refractivity contribution in [1.29, 1.82) is 0 Å². The molecule has 0 radical (unpaired) electrons. The van der Waals surface area contributed by atoms with Crippen LogP contribution in [0.4, 0.5) is 5.69 Å². The Bertz CT molecular complexity index is 424. The van der Waals surface area contributed by atoms with E-state index in [0.717, 1.165) is 10.0 Å². The molecule has 0 saturated heterocycles. The van der Waals surface area contributed by atoms with Crippen molar-refractivity contribution in [1.82, 2.24) is 4.98 Å². The van der Waals surface area contributed by atoms with Crippen LogP contribution in [-0.2, 0) is 0 Å². The Labute approximate surface area is 91.2 Å². The van der Waals surface area contributed by atoms with E-state index in [0.29, 0.717) is 0 Å². The monoisotopic (exact) mass is 222 g/mol. The Morgan fingerprint density at radius 1 is 1.43 bits per heavy atom. The smallest absolute Gasteiger partial charge is 0.154 e. The number of hydrogen-bond donors (Lipinski definition) is 1. The standard InChI is InChI=1S/C10H10N2S2/c1-7-2-3-8(11)6-9(7)14-10-12-4-5-13-10/h2-6H,11H2,1H3. The third kappa shape index (κ3) is 2.08. The van der Waals surface area contributed by atoms with E-state index in [1.807, 2.05) is 29.8 Å². The van der Waals surface area contributed by atoms with E-state index >= 15 is 0 Å². The predicted molar refractivity (Wildman–Crippen MR) is 61.8 cm³/mol. The largest absolute Gasteiger partial charge is 0.399 e. The molecule has 0 unspecified atom stereocenters. The van der Waals surface area contributed by atoms with Crippen LogP contribution >= 0.6 is 23.1 Å². The average molecular weight is 222 g/mol. The summed E-state index contributed by atoms with van der Waals surface area (Å²) in [5.41, 5.74) is 7.76. The van der Waals surface area contributed by atoms with Crippen LogP contribution in [0.5, 0.6) is 0 Å². The molecule has 14 heavy (non-hydrogen) atoms. The number of anilines is 1. The third-order valence-electron chi connectivity index (χ3n) is 1.82. The molecule has 0 atom stereocenters. The van der Waals surface area contributed by atoms with Crippen LogP contribution in [0.1, 0.15) is 5.56 Å². The van der Waals surface area contributed by atoms with Gasteiger partial charge in [0.1, 0.15) is 0 Å². The number of nitrogen functional groups attached to an aromatic ring is 1. The Morgan fingerprint density at radius 2 is 2.29 bits per heavy atom. The molecule has 0 bridgehead atoms. The number of nitrogens with zero attached hydrogens (tertiary/aromatic N) is 1. The number of rotatable bonds is 2. The van der Waals surface area contributed by atoms with Crippen LogP contribution in [0.2, 0.25) is 0 Å². The molecule has 0 saturated carbocycles. The number of aromatic nitrogens is 1. The summed E-state index contributed by atoms with van der Waals surface area (Å²) in [7, 11) is 0. The summed E-state index contributed by atoms with van der Waals surface area (Å²) in [5, 5.41) is 1.98. The molecule has 0 spiro atoms. The average Bonchev–Trinajstić information content (AvgIpc) is 2.64. The first-order chi connectivity index (χ1) is 6.75. The number of benzene rings is 1. The van der Waals surface area contributed by atoms with E-state index in [1.165, 1.54) is 10.5 Å². The van der Waals surface area contributed by atoms with Gasteiger partial charge in [0, 0.05) is 22.2 Å². The van der Waals surface area contributed by atoms with E-state index in [2.05, 4.69) is 11.9 Å². The molecular weight excluding hydrogens is 212 g/mol. The molecule has 0 aliphatic rings. The SMILES string of the molecule is Cc1ccc(N)cc1Sc1nccs1. The van der Waals surface area contributed by atoms with E-state index in [1.54, 1.807) is 23.1 Å². The van der Waals surface area contributed by atoms with Crippen molar-refractivity contribution in [2.75, 3.05) is 5.73 Å². The van der Waals surface area contributed by atoms with Gasteiger partial charge in [-0.25, -0.2) is 4.98 Å². The molecule has 4 heteroatoms. The summed E-state index contributed by atoms with van der Waals surface area (Å²) in [4.78, 5) is 5.40. The zero-order valence-electron chi connectivity index (χ0n) is 7.73. The van der Waals surface area contributed by atoms with Gasteiger partial charge in [0.25, 0.3) is 0 Å². The second-order valence-electron chi connectivity index (χ2n) is 2.93. The number of aryl methyl sites for hydroxylation is 1. The first-order valence-corrected chi connectivity index (χ1v) is 5.89. The highest BCUT2D eigenvalue weighted by Gasteiger charge is 2.03. The van der Waals surface area contributed by atoms with Crippen LogP contribution in [-0.4, -0.2) is 4.98 Å². The summed E-state index contributed by atoms with van der Waals surface area (Å²) >= 11 is 3.31. The van der Waals surface area contributed by atoms with Gasteiger partial charge in [-0.3, -0.25) is 0 Å². The second kappa shape index (κ2) is 4.02. The molecule has 2 rings (SSSR count). The molecular formula is C10H10N2S2. The van der Waals surface area contributed by atoms with Gasteiger partial charge in [0.15, 0.2) is 4.34 Å². The molecule has 0 fully saturated rings. The lowest BCUT2D eigenvalue weighted by molar-refractivity contribution is 1.23. The molecule has 2 N–H and O–H groups in total. The van der Waals surface area contributed by atoms with Gasteiger partial charge in [-0.15, -0.1) is 11.3 Å². The van der Waals surface area contributed by atoms with Gasteiger partial charge in [-0.05, 0) is 24.6 Å². The van der Waals surface area contributed by atoms with Crippen LogP contribution in [0.3, 0.4) is 0 Å². The van der Waals surface area contributed by atoms with Crippen molar-refractivity contribution in [2.45, 2.75) is 16.2 Å². The number of thiazole rings is 1. The minimum Gasteiger partial charge on any atom is -0.399 e. The zero-order valence-corrected chi connectivity index (χ0v) is 9.36. The summed E-state index contributed by atoms with van der Waals surface area (Å²) in [5.74, 6) is 0. The summed E-state index contributed by atoms with van der Waals surface area (Å²) in [6.45, 7) is 2.08. The van der Waals surface area contributed by atoms with E-state index in [4.69, 9.17) is 5.73 Å². The number of hydrogen-bond acceptors (Lipinski definition) is 4. The Hall–Kier alpha value is -1.000. The zero-order chi connectivity index (χ0) is 9.97. The van der Waals surface area contributed by atoms with Gasteiger partial charge in [-0.2, -0.15) is 0 Å². The Morgan fingerprint density at radius 3 is 3.00 bits per heavy atom. The van der Waals surface area contributed by atoms with Crippen LogP contribution in [0.25, 0.3) is 0 Å². The first-order valence-electron chi connectivity index (χ1n) is 4.19. The maximum absolute atomic E-state index is 5.73. The molecule has 1 aromatic heterocycles. The molecule has 2 nitrogen and oxygen atoms in total. The molecule has 1 aromatic carbocycles. The first kappa shape index (κ1) is 9.55. The minimum atomic E-state index is 0.801. The molecule has 0 amide bonds. The summed E-state index contributed by atoms with van der Waals surface area (Å²) in [6.07, 6.45) is 1.81. The lowest BCUT2D eigenvalue weighted by Gasteiger charge is -2.03. The van der Waals surface area contributed by atoms with E-state index < -0.39 is 0 Å². The molecule has 0 aliphatic heterocycles. The van der Waals surface area contributed by atoms with Crippen molar-refractivity contribution in [3.8, 4) is 0 Å². The van der Waals surface area contributed by atoms with Crippen molar-refractivity contribution in [2.24, 2.45) is 0 Å². The molecule has 72 valence electrons. The normalized spacial score (nSPS) is 10.4. The molecule has 0 aliphatic carbocycles. The maximum Gasteiger partial charge on any atom is 0.154 e. The summed E-state index contributed by atoms with van der Waals surface area (Å²) in [6, 6.07) is 5.94. The van der Waals surface area contributed by atoms with Gasteiger partial charge in [0.05, 0.1) is 0 Å². The third-order valence-corrected chi connectivity index (χ3v) is 3.86. The lowest BCUT2D eigenvalue weighted by Crippen LogP contribution is -1.86. The maximum atomic E-state index is 5.73. The quantitative estimate of drug-likeness (QED) is 0.793. The van der Waals surface area contributed by atoms with Crippen LogP contribution < -0.4 is 5.73 Å². The van der Waals surface area contributed by atoms with Crippen molar-refractivity contribution >= 4 is 28.8 Å². The minimum absolute atomic E-state index is 0.801. The van der Waals surface area contributed by atoms with E-state index in [-0.39, 0.29) is 0 Å². The van der Waals surface area contributed by atoms with Crippen LogP contribution in [0, 0.1) is 6.92 Å². The fourth-order valence-corrected chi connectivity index (χ4v) is 2.80. The Kier molecular flexibility index (Phi) is 2.74. The molecule has 2 aromatic rings. The Balaban J connectivity index is 2.28. The molecule has 1 heterocycles. The van der Waals surface area contributed by atoms with Gasteiger partial charge in [0.2, 0.25) is 0 Å². The van der Waals surface area contributed by atoms with Crippen molar-refractivity contribution in [3.63, 3.8) is 0 Å². The van der Waals surface area contributed by atoms with Gasteiger partial charge < -0.3 is 5.73 Å². The topological polar surface area (TPSA) is 38.9 Å². The van der Waals surface area contributed by atoms with Gasteiger partial charge in [-0.1, -0.05) is 17.8 Å². The highest BCUT2D eigenvalue weighted by molar-refractivity contribution is 8.01. The number of nitrogens with two attached hydrogens (primary N) is 1. The van der Waals surface area contributed by atoms with Crippen LogP contribution in [0.15, 0.2) is 39.0 Å². The highest BCUT2D eigenvalue weighted by atomic mass is 32.2.